The van der Waals surface area contributed by atoms with Crippen molar-refractivity contribution in [3.05, 3.63) is 0 Å². The lowest BCUT2D eigenvalue weighted by Crippen LogP contribution is -2.70. The predicted molar refractivity (Wildman–Crippen MR) is 61.5 cm³/mol. The fourth-order valence-electron chi connectivity index (χ4n) is 1.80. The number of hydrogen-bond acceptors (Lipinski definition) is 6. The van der Waals surface area contributed by atoms with Crippen molar-refractivity contribution in [2.75, 3.05) is 14.2 Å². The fraction of sp³-hybridized carbons (Fsp3) is 0.727. The minimum Gasteiger partial charge on any atom is -0.467 e. The second-order valence-electron chi connectivity index (χ2n) is 4.00. The van der Waals surface area contributed by atoms with Crippen molar-refractivity contribution in [2.24, 2.45) is 0 Å². The maximum Gasteiger partial charge on any atom is 0.340 e. The predicted octanol–water partition coefficient (Wildman–Crippen LogP) is -0.632. The molecule has 1 amide bonds. The largest absolute Gasteiger partial charge is 0.467 e. The highest BCUT2D eigenvalue weighted by Crippen LogP contribution is 2.28. The lowest BCUT2D eigenvalue weighted by molar-refractivity contribution is -0.183. The molecule has 7 nitrogen and oxygen atoms in total. The Labute approximate surface area is 105 Å². The van der Waals surface area contributed by atoms with Crippen LogP contribution in [0.3, 0.4) is 0 Å². The standard InChI is InChI=1S/C11H19NO6/c1-6-11(9(15)18-5,12-7(2)13)10(3,16)8(14)17-4/h16H,6H2,1-5H3,(H,12,13)/t10-,11+/m1/s1. The molecule has 104 valence electrons. The van der Waals surface area contributed by atoms with Gasteiger partial charge in [-0.05, 0) is 13.3 Å². The maximum atomic E-state index is 11.9. The van der Waals surface area contributed by atoms with E-state index in [4.69, 9.17) is 0 Å². The Morgan fingerprint density at radius 3 is 1.89 bits per heavy atom. The van der Waals surface area contributed by atoms with Gasteiger partial charge in [0.2, 0.25) is 5.91 Å². The number of rotatable bonds is 5. The lowest BCUT2D eigenvalue weighted by atomic mass is 9.78. The molecule has 0 heterocycles. The molecule has 2 N–H and O–H groups in total. The molecule has 0 aromatic rings. The molecule has 0 unspecified atom stereocenters. The Balaban J connectivity index is 5.77. The smallest absolute Gasteiger partial charge is 0.340 e. The Bertz CT molecular complexity index is 351. The summed E-state index contributed by atoms with van der Waals surface area (Å²) in [7, 11) is 2.17. The van der Waals surface area contributed by atoms with Crippen molar-refractivity contribution in [1.82, 2.24) is 5.32 Å². The molecule has 18 heavy (non-hydrogen) atoms. The molecule has 0 fully saturated rings. The van der Waals surface area contributed by atoms with Crippen LogP contribution in [0.15, 0.2) is 0 Å². The highest BCUT2D eigenvalue weighted by Gasteiger charge is 2.59. The normalized spacial score (nSPS) is 17.0. The van der Waals surface area contributed by atoms with E-state index in [1.165, 1.54) is 13.8 Å². The average Bonchev–Trinajstić information content (AvgIpc) is 2.32. The molecule has 0 aliphatic heterocycles. The van der Waals surface area contributed by atoms with Gasteiger partial charge in [0.05, 0.1) is 14.2 Å². The van der Waals surface area contributed by atoms with Crippen molar-refractivity contribution in [1.29, 1.82) is 0 Å². The molecule has 0 radical (unpaired) electrons. The summed E-state index contributed by atoms with van der Waals surface area (Å²) in [4.78, 5) is 34.7. The summed E-state index contributed by atoms with van der Waals surface area (Å²) in [6.45, 7) is 3.79. The average molecular weight is 261 g/mol. The van der Waals surface area contributed by atoms with Gasteiger partial charge in [-0.1, -0.05) is 6.92 Å². The van der Waals surface area contributed by atoms with Crippen molar-refractivity contribution < 1.29 is 29.0 Å². The second kappa shape index (κ2) is 5.81. The molecule has 0 bridgehead atoms. The van der Waals surface area contributed by atoms with E-state index in [2.05, 4.69) is 14.8 Å². The minimum atomic E-state index is -2.24. The first-order chi connectivity index (χ1) is 8.19. The van der Waals surface area contributed by atoms with Crippen LogP contribution < -0.4 is 5.32 Å². The van der Waals surface area contributed by atoms with E-state index < -0.39 is 29.0 Å². The summed E-state index contributed by atoms with van der Waals surface area (Å²) in [6, 6.07) is 0. The highest BCUT2D eigenvalue weighted by molar-refractivity contribution is 5.96. The number of ether oxygens (including phenoxy) is 2. The Kier molecular flexibility index (Phi) is 5.29. The van der Waals surface area contributed by atoms with Gasteiger partial charge in [0.25, 0.3) is 0 Å². The van der Waals surface area contributed by atoms with Gasteiger partial charge >= 0.3 is 11.9 Å². The topological polar surface area (TPSA) is 102 Å². The van der Waals surface area contributed by atoms with Crippen LogP contribution in [0.25, 0.3) is 0 Å². The Morgan fingerprint density at radius 1 is 1.17 bits per heavy atom. The van der Waals surface area contributed by atoms with E-state index in [1.54, 1.807) is 0 Å². The Hall–Kier alpha value is -1.63. The van der Waals surface area contributed by atoms with Gasteiger partial charge in [-0.25, -0.2) is 9.59 Å². The summed E-state index contributed by atoms with van der Waals surface area (Å²) in [5.41, 5.74) is -4.13. The van der Waals surface area contributed by atoms with Crippen molar-refractivity contribution in [2.45, 2.75) is 38.3 Å². The third-order valence-corrected chi connectivity index (χ3v) is 2.87. The van der Waals surface area contributed by atoms with Crippen molar-refractivity contribution in [3.8, 4) is 0 Å². The Morgan fingerprint density at radius 2 is 1.61 bits per heavy atom. The van der Waals surface area contributed by atoms with Gasteiger partial charge in [0, 0.05) is 6.92 Å². The second-order valence-corrected chi connectivity index (χ2v) is 4.00. The monoisotopic (exact) mass is 261 g/mol. The van der Waals surface area contributed by atoms with E-state index in [-0.39, 0.29) is 6.42 Å². The first kappa shape index (κ1) is 16.4. The maximum absolute atomic E-state index is 11.9. The zero-order chi connectivity index (χ0) is 14.6. The molecular weight excluding hydrogens is 242 g/mol. The van der Waals surface area contributed by atoms with Crippen molar-refractivity contribution in [3.63, 3.8) is 0 Å². The number of carbonyl (C=O) groups excluding carboxylic acids is 3. The van der Waals surface area contributed by atoms with Crippen LogP contribution in [-0.2, 0) is 23.9 Å². The van der Waals surface area contributed by atoms with Crippen LogP contribution in [0.1, 0.15) is 27.2 Å². The molecule has 0 aromatic carbocycles. The number of amides is 1. The van der Waals surface area contributed by atoms with E-state index in [0.29, 0.717) is 0 Å². The van der Waals surface area contributed by atoms with Crippen LogP contribution >= 0.6 is 0 Å². The van der Waals surface area contributed by atoms with E-state index >= 15 is 0 Å². The molecule has 2 atom stereocenters. The van der Waals surface area contributed by atoms with Crippen LogP contribution in [0.4, 0.5) is 0 Å². The number of nitrogens with one attached hydrogen (secondary N) is 1. The van der Waals surface area contributed by atoms with Gasteiger partial charge in [-0.2, -0.15) is 0 Å². The number of methoxy groups -OCH3 is 2. The van der Waals surface area contributed by atoms with Gasteiger partial charge in [-0.3, -0.25) is 4.79 Å². The number of aliphatic hydroxyl groups is 1. The number of carbonyl (C=O) groups is 3. The van der Waals surface area contributed by atoms with E-state index in [9.17, 15) is 19.5 Å². The fourth-order valence-corrected chi connectivity index (χ4v) is 1.80. The molecular formula is C11H19NO6. The molecule has 7 heteroatoms. The molecule has 0 saturated carbocycles. The SMILES string of the molecule is CC[C@](NC(C)=O)(C(=O)OC)[C@](C)(O)C(=O)OC. The van der Waals surface area contributed by atoms with Gasteiger partial charge in [0.15, 0.2) is 11.1 Å². The summed E-state index contributed by atoms with van der Waals surface area (Å²) in [6.07, 6.45) is -0.0403. The third-order valence-electron chi connectivity index (χ3n) is 2.87. The zero-order valence-electron chi connectivity index (χ0n) is 11.2. The van der Waals surface area contributed by atoms with Gasteiger partial charge in [-0.15, -0.1) is 0 Å². The quantitative estimate of drug-likeness (QED) is 0.639. The molecule has 0 rings (SSSR count). The van der Waals surface area contributed by atoms with Gasteiger partial charge < -0.3 is 19.9 Å². The lowest BCUT2D eigenvalue weighted by Gasteiger charge is -2.40. The molecule has 0 aliphatic carbocycles. The zero-order valence-corrected chi connectivity index (χ0v) is 11.2. The van der Waals surface area contributed by atoms with Crippen LogP contribution in [0.5, 0.6) is 0 Å². The van der Waals surface area contributed by atoms with Crippen molar-refractivity contribution >= 4 is 17.8 Å². The first-order valence-electron chi connectivity index (χ1n) is 5.37. The van der Waals surface area contributed by atoms with Crippen LogP contribution in [-0.4, -0.2) is 48.3 Å². The summed E-state index contributed by atoms with van der Waals surface area (Å²) in [5.74, 6) is -2.54. The number of hydrogen-bond donors (Lipinski definition) is 2. The molecule has 0 aliphatic rings. The third kappa shape index (κ3) is 2.61. The van der Waals surface area contributed by atoms with E-state index in [0.717, 1.165) is 21.1 Å². The highest BCUT2D eigenvalue weighted by atomic mass is 16.5. The summed E-state index contributed by atoms with van der Waals surface area (Å²) < 4.78 is 9.02. The van der Waals surface area contributed by atoms with Crippen LogP contribution in [0, 0.1) is 0 Å². The molecule has 0 saturated heterocycles. The van der Waals surface area contributed by atoms with Gasteiger partial charge in [0.1, 0.15) is 0 Å². The summed E-state index contributed by atoms with van der Waals surface area (Å²) in [5, 5.41) is 12.5. The summed E-state index contributed by atoms with van der Waals surface area (Å²) >= 11 is 0. The van der Waals surface area contributed by atoms with E-state index in [1.807, 2.05) is 0 Å². The molecule has 0 spiro atoms. The first-order valence-corrected chi connectivity index (χ1v) is 5.37. The van der Waals surface area contributed by atoms with Crippen LogP contribution in [0.2, 0.25) is 0 Å². The number of esters is 2. The minimum absolute atomic E-state index is 0.0403. The molecule has 0 aromatic heterocycles.